The summed E-state index contributed by atoms with van der Waals surface area (Å²) in [5.74, 6) is 1.31. The zero-order valence-corrected chi connectivity index (χ0v) is 12.3. The van der Waals surface area contributed by atoms with Gasteiger partial charge in [-0.25, -0.2) is 4.98 Å². The van der Waals surface area contributed by atoms with Crippen molar-refractivity contribution in [2.45, 2.75) is 6.54 Å². The molecule has 0 aliphatic heterocycles. The third-order valence-corrected chi connectivity index (χ3v) is 3.67. The fraction of sp³-hybridized carbons (Fsp3) is 0.0625. The van der Waals surface area contributed by atoms with Gasteiger partial charge in [-0.05, 0) is 45.6 Å². The summed E-state index contributed by atoms with van der Waals surface area (Å²) >= 11 is 3.48. The topological polar surface area (TPSA) is 48.1 Å². The van der Waals surface area contributed by atoms with Crippen LogP contribution in [0, 0.1) is 0 Å². The van der Waals surface area contributed by atoms with Gasteiger partial charge in [0, 0.05) is 11.9 Å². The number of benzene rings is 2. The van der Waals surface area contributed by atoms with Crippen LogP contribution < -0.4 is 10.5 Å². The summed E-state index contributed by atoms with van der Waals surface area (Å²) in [6.45, 7) is 0.386. The number of halogens is 1. The molecule has 0 aliphatic carbocycles. The van der Waals surface area contributed by atoms with E-state index < -0.39 is 0 Å². The molecule has 2 aromatic carbocycles. The number of para-hydroxylation sites is 1. The van der Waals surface area contributed by atoms with E-state index in [-0.39, 0.29) is 0 Å². The summed E-state index contributed by atoms with van der Waals surface area (Å²) < 4.78 is 6.84. The van der Waals surface area contributed by atoms with E-state index >= 15 is 0 Å². The molecule has 0 fully saturated rings. The standard InChI is InChI=1S/C16H13BrN2O/c17-14-7-3-4-8-15(14)20-16-13-6-2-1-5-11(13)9-12(10-18)19-16/h1-9H,10,18H2. The largest absolute Gasteiger partial charge is 0.437 e. The van der Waals surface area contributed by atoms with Crippen LogP contribution in [0.15, 0.2) is 59.1 Å². The summed E-state index contributed by atoms with van der Waals surface area (Å²) in [7, 11) is 0. The van der Waals surface area contributed by atoms with Crippen LogP contribution in [0.5, 0.6) is 11.6 Å². The lowest BCUT2D eigenvalue weighted by Gasteiger charge is -2.11. The van der Waals surface area contributed by atoms with E-state index in [1.165, 1.54) is 0 Å². The highest BCUT2D eigenvalue weighted by molar-refractivity contribution is 9.10. The van der Waals surface area contributed by atoms with Crippen LogP contribution >= 0.6 is 15.9 Å². The van der Waals surface area contributed by atoms with Crippen molar-refractivity contribution in [2.75, 3.05) is 0 Å². The van der Waals surface area contributed by atoms with Crippen molar-refractivity contribution in [3.8, 4) is 11.6 Å². The Bertz CT molecular complexity index is 758. The van der Waals surface area contributed by atoms with Crippen molar-refractivity contribution < 1.29 is 4.74 Å². The van der Waals surface area contributed by atoms with E-state index in [4.69, 9.17) is 10.5 Å². The van der Waals surface area contributed by atoms with E-state index in [2.05, 4.69) is 20.9 Å². The Hall–Kier alpha value is -1.91. The van der Waals surface area contributed by atoms with Crippen molar-refractivity contribution in [3.63, 3.8) is 0 Å². The fourth-order valence-electron chi connectivity index (χ4n) is 2.03. The molecule has 0 spiro atoms. The van der Waals surface area contributed by atoms with Crippen LogP contribution in [-0.4, -0.2) is 4.98 Å². The Morgan fingerprint density at radius 1 is 1.05 bits per heavy atom. The normalized spacial score (nSPS) is 10.7. The van der Waals surface area contributed by atoms with E-state index in [0.717, 1.165) is 26.7 Å². The SMILES string of the molecule is NCc1cc2ccccc2c(Oc2ccccc2Br)n1. The lowest BCUT2D eigenvalue weighted by molar-refractivity contribution is 0.464. The molecule has 1 heterocycles. The second-order valence-electron chi connectivity index (χ2n) is 4.38. The number of pyridine rings is 1. The van der Waals surface area contributed by atoms with Gasteiger partial charge in [0.1, 0.15) is 5.75 Å². The number of nitrogens with two attached hydrogens (primary N) is 1. The maximum atomic E-state index is 5.95. The molecule has 1 aromatic heterocycles. The lowest BCUT2D eigenvalue weighted by Crippen LogP contribution is -2.01. The monoisotopic (exact) mass is 328 g/mol. The predicted molar refractivity (Wildman–Crippen MR) is 83.9 cm³/mol. The van der Waals surface area contributed by atoms with Crippen LogP contribution in [0.4, 0.5) is 0 Å². The fourth-order valence-corrected chi connectivity index (χ4v) is 2.40. The van der Waals surface area contributed by atoms with Crippen molar-refractivity contribution in [3.05, 3.63) is 64.8 Å². The minimum atomic E-state index is 0.386. The summed E-state index contributed by atoms with van der Waals surface area (Å²) in [5, 5.41) is 2.05. The molecular formula is C16H13BrN2O. The molecule has 0 radical (unpaired) electrons. The van der Waals surface area contributed by atoms with Gasteiger partial charge in [-0.1, -0.05) is 30.3 Å². The van der Waals surface area contributed by atoms with Crippen LogP contribution in [0.3, 0.4) is 0 Å². The van der Waals surface area contributed by atoms with E-state index in [9.17, 15) is 0 Å². The molecular weight excluding hydrogens is 316 g/mol. The highest BCUT2D eigenvalue weighted by Crippen LogP contribution is 2.32. The second kappa shape index (κ2) is 5.61. The van der Waals surface area contributed by atoms with Crippen LogP contribution in [0.2, 0.25) is 0 Å². The zero-order valence-electron chi connectivity index (χ0n) is 10.7. The molecule has 3 nitrogen and oxygen atoms in total. The molecule has 2 N–H and O–H groups in total. The zero-order chi connectivity index (χ0) is 13.9. The second-order valence-corrected chi connectivity index (χ2v) is 5.23. The number of aromatic nitrogens is 1. The number of rotatable bonds is 3. The van der Waals surface area contributed by atoms with Gasteiger partial charge >= 0.3 is 0 Å². The Morgan fingerprint density at radius 3 is 2.60 bits per heavy atom. The number of fused-ring (bicyclic) bond motifs is 1. The predicted octanol–water partition coefficient (Wildman–Crippen LogP) is 4.25. The first-order valence-electron chi connectivity index (χ1n) is 6.29. The van der Waals surface area contributed by atoms with Crippen LogP contribution in [0.25, 0.3) is 10.8 Å². The van der Waals surface area contributed by atoms with E-state index in [1.807, 2.05) is 54.6 Å². The van der Waals surface area contributed by atoms with Gasteiger partial charge in [-0.15, -0.1) is 0 Å². The minimum Gasteiger partial charge on any atom is -0.437 e. The molecule has 4 heteroatoms. The maximum Gasteiger partial charge on any atom is 0.227 e. The van der Waals surface area contributed by atoms with Gasteiger partial charge in [0.2, 0.25) is 5.88 Å². The Labute approximate surface area is 125 Å². The van der Waals surface area contributed by atoms with Gasteiger partial charge in [0.05, 0.1) is 10.2 Å². The summed E-state index contributed by atoms with van der Waals surface area (Å²) in [4.78, 5) is 4.49. The molecule has 0 unspecified atom stereocenters. The first-order valence-corrected chi connectivity index (χ1v) is 7.08. The molecule has 0 saturated heterocycles. The lowest BCUT2D eigenvalue weighted by atomic mass is 10.1. The van der Waals surface area contributed by atoms with E-state index in [0.29, 0.717) is 12.4 Å². The molecule has 20 heavy (non-hydrogen) atoms. The molecule has 3 aromatic rings. The van der Waals surface area contributed by atoms with Gasteiger partial charge < -0.3 is 10.5 Å². The van der Waals surface area contributed by atoms with Gasteiger partial charge in [0.25, 0.3) is 0 Å². The number of hydrogen-bond acceptors (Lipinski definition) is 3. The molecule has 0 amide bonds. The van der Waals surface area contributed by atoms with Gasteiger partial charge in [0.15, 0.2) is 0 Å². The van der Waals surface area contributed by atoms with Gasteiger partial charge in [-0.2, -0.15) is 0 Å². The van der Waals surface area contributed by atoms with E-state index in [1.54, 1.807) is 0 Å². The van der Waals surface area contributed by atoms with Crippen molar-refractivity contribution in [1.29, 1.82) is 0 Å². The first-order chi connectivity index (χ1) is 9.78. The van der Waals surface area contributed by atoms with Crippen LogP contribution in [-0.2, 0) is 6.54 Å². The molecule has 0 bridgehead atoms. The molecule has 0 saturated carbocycles. The average Bonchev–Trinajstić information content (AvgIpc) is 2.49. The number of ether oxygens (including phenoxy) is 1. The van der Waals surface area contributed by atoms with Crippen molar-refractivity contribution in [1.82, 2.24) is 4.98 Å². The van der Waals surface area contributed by atoms with Crippen LogP contribution in [0.1, 0.15) is 5.69 Å². The molecule has 0 aliphatic rings. The third-order valence-electron chi connectivity index (χ3n) is 3.01. The quantitative estimate of drug-likeness (QED) is 0.781. The highest BCUT2D eigenvalue weighted by Gasteiger charge is 2.09. The molecule has 3 rings (SSSR count). The smallest absolute Gasteiger partial charge is 0.227 e. The number of hydrogen-bond donors (Lipinski definition) is 1. The first kappa shape index (κ1) is 13.1. The highest BCUT2D eigenvalue weighted by atomic mass is 79.9. The summed E-state index contributed by atoms with van der Waals surface area (Å²) in [5.41, 5.74) is 6.52. The Balaban J connectivity index is 2.13. The Kier molecular flexibility index (Phi) is 3.67. The average molecular weight is 329 g/mol. The van der Waals surface area contributed by atoms with Crippen molar-refractivity contribution in [2.24, 2.45) is 5.73 Å². The number of nitrogens with zero attached hydrogens (tertiary/aromatic N) is 1. The van der Waals surface area contributed by atoms with Gasteiger partial charge in [-0.3, -0.25) is 0 Å². The summed E-state index contributed by atoms with van der Waals surface area (Å²) in [6, 6.07) is 17.7. The minimum absolute atomic E-state index is 0.386. The van der Waals surface area contributed by atoms with Crippen molar-refractivity contribution >= 4 is 26.7 Å². The molecule has 0 atom stereocenters. The molecule has 100 valence electrons. The summed E-state index contributed by atoms with van der Waals surface area (Å²) in [6.07, 6.45) is 0. The Morgan fingerprint density at radius 2 is 1.80 bits per heavy atom. The third kappa shape index (κ3) is 2.53. The maximum absolute atomic E-state index is 5.95.